The fourth-order valence-corrected chi connectivity index (χ4v) is 4.37. The van der Waals surface area contributed by atoms with E-state index in [4.69, 9.17) is 5.84 Å². The molecule has 3 heteroatoms. The molecule has 18 heavy (non-hydrogen) atoms. The van der Waals surface area contributed by atoms with Crippen LogP contribution in [-0.2, 0) is 6.42 Å². The van der Waals surface area contributed by atoms with Gasteiger partial charge in [-0.2, -0.15) is 11.3 Å². The lowest BCUT2D eigenvalue weighted by Crippen LogP contribution is -2.49. The Bertz CT molecular complexity index is 339. The number of hydrogen-bond acceptors (Lipinski definition) is 3. The van der Waals surface area contributed by atoms with Crippen LogP contribution in [0.1, 0.15) is 51.5 Å². The summed E-state index contributed by atoms with van der Waals surface area (Å²) in [5.41, 5.74) is 4.98. The van der Waals surface area contributed by atoms with Crippen molar-refractivity contribution < 1.29 is 0 Å². The Hall–Kier alpha value is -0.380. The molecule has 0 aromatic carbocycles. The molecule has 1 aromatic heterocycles. The van der Waals surface area contributed by atoms with Crippen LogP contribution in [0.2, 0.25) is 0 Å². The molecule has 1 heterocycles. The third-order valence-corrected chi connectivity index (χ3v) is 5.11. The molecule has 102 valence electrons. The summed E-state index contributed by atoms with van der Waals surface area (Å²) in [6.45, 7) is 4.66. The van der Waals surface area contributed by atoms with Gasteiger partial charge < -0.3 is 0 Å². The Morgan fingerprint density at radius 3 is 2.61 bits per heavy atom. The lowest BCUT2D eigenvalue weighted by molar-refractivity contribution is 0.154. The highest BCUT2D eigenvalue weighted by atomic mass is 32.1. The summed E-state index contributed by atoms with van der Waals surface area (Å²) in [4.78, 5) is 0. The van der Waals surface area contributed by atoms with Gasteiger partial charge in [0.15, 0.2) is 0 Å². The smallest absolute Gasteiger partial charge is 0.0307 e. The quantitative estimate of drug-likeness (QED) is 0.608. The van der Waals surface area contributed by atoms with E-state index in [1.165, 1.54) is 37.7 Å². The van der Waals surface area contributed by atoms with Gasteiger partial charge in [-0.1, -0.05) is 26.7 Å². The Balaban J connectivity index is 2.11. The molecule has 0 bridgehead atoms. The van der Waals surface area contributed by atoms with Crippen molar-refractivity contribution in [2.45, 2.75) is 58.4 Å². The van der Waals surface area contributed by atoms with Gasteiger partial charge in [0.25, 0.3) is 0 Å². The molecule has 2 nitrogen and oxygen atoms in total. The monoisotopic (exact) mass is 266 g/mol. The minimum atomic E-state index is 0.421. The summed E-state index contributed by atoms with van der Waals surface area (Å²) in [5, 5.41) is 4.41. The third kappa shape index (κ3) is 3.14. The minimum Gasteiger partial charge on any atom is -0.271 e. The normalized spacial score (nSPS) is 20.4. The first-order valence-corrected chi connectivity index (χ1v) is 8.08. The van der Waals surface area contributed by atoms with Crippen LogP contribution >= 0.6 is 11.3 Å². The summed E-state index contributed by atoms with van der Waals surface area (Å²) in [6.07, 6.45) is 7.79. The molecule has 2 rings (SSSR count). The predicted molar refractivity (Wildman–Crippen MR) is 79.5 cm³/mol. The van der Waals surface area contributed by atoms with Gasteiger partial charge in [0.2, 0.25) is 0 Å². The van der Waals surface area contributed by atoms with Crippen LogP contribution in [-0.4, -0.2) is 6.04 Å². The van der Waals surface area contributed by atoms with Crippen LogP contribution < -0.4 is 11.3 Å². The zero-order valence-electron chi connectivity index (χ0n) is 11.6. The number of nitrogens with two attached hydrogens (primary N) is 1. The fourth-order valence-electron chi connectivity index (χ4n) is 3.68. The first-order chi connectivity index (χ1) is 8.66. The van der Waals surface area contributed by atoms with E-state index in [1.54, 1.807) is 11.3 Å². The van der Waals surface area contributed by atoms with Crippen LogP contribution in [0.25, 0.3) is 0 Å². The van der Waals surface area contributed by atoms with Gasteiger partial charge in [-0.15, -0.1) is 0 Å². The van der Waals surface area contributed by atoms with Crippen molar-refractivity contribution in [3.05, 3.63) is 22.4 Å². The second-order valence-corrected chi connectivity index (χ2v) is 7.00. The number of nitrogens with one attached hydrogen (secondary N) is 1. The van der Waals surface area contributed by atoms with Gasteiger partial charge in [-0.3, -0.25) is 11.3 Å². The molecule has 1 aliphatic rings. The predicted octanol–water partition coefficient (Wildman–Crippen LogP) is 3.73. The number of thiophene rings is 1. The molecule has 1 unspecified atom stereocenters. The average Bonchev–Trinajstić information content (AvgIpc) is 2.96. The van der Waals surface area contributed by atoms with Gasteiger partial charge in [0.1, 0.15) is 0 Å². The molecule has 1 fully saturated rings. The van der Waals surface area contributed by atoms with E-state index in [0.717, 1.165) is 12.3 Å². The molecule has 3 N–H and O–H groups in total. The lowest BCUT2D eigenvalue weighted by atomic mass is 9.71. The van der Waals surface area contributed by atoms with Crippen LogP contribution in [0.4, 0.5) is 0 Å². The standard InChI is InChI=1S/C15H26N2S/c1-12(2)10-15(6-3-4-7-15)14(17-16)9-13-5-8-18-11-13/h5,8,11-12,14,17H,3-4,6-7,9-10,16H2,1-2H3. The molecule has 1 atom stereocenters. The van der Waals surface area contributed by atoms with E-state index in [0.29, 0.717) is 11.5 Å². The second-order valence-electron chi connectivity index (χ2n) is 6.22. The van der Waals surface area contributed by atoms with Crippen molar-refractivity contribution in [3.63, 3.8) is 0 Å². The number of hydrazine groups is 1. The number of rotatable bonds is 6. The first kappa shape index (κ1) is 14.0. The molecule has 0 amide bonds. The highest BCUT2D eigenvalue weighted by Crippen LogP contribution is 2.46. The molecule has 0 radical (unpaired) electrons. The lowest BCUT2D eigenvalue weighted by Gasteiger charge is -2.39. The van der Waals surface area contributed by atoms with Gasteiger partial charge in [0.05, 0.1) is 0 Å². The van der Waals surface area contributed by atoms with E-state index in [9.17, 15) is 0 Å². The largest absolute Gasteiger partial charge is 0.271 e. The van der Waals surface area contributed by atoms with E-state index in [1.807, 2.05) is 0 Å². The Kier molecular flexibility index (Phi) is 4.82. The van der Waals surface area contributed by atoms with Gasteiger partial charge in [0, 0.05) is 6.04 Å². The van der Waals surface area contributed by atoms with Crippen molar-refractivity contribution in [2.24, 2.45) is 17.2 Å². The molecule has 0 saturated heterocycles. The second kappa shape index (κ2) is 6.18. The SMILES string of the molecule is CC(C)CC1(C(Cc2ccsc2)NN)CCCC1. The van der Waals surface area contributed by atoms with Crippen molar-refractivity contribution in [1.82, 2.24) is 5.43 Å². The summed E-state index contributed by atoms with van der Waals surface area (Å²) < 4.78 is 0. The molecule has 1 aliphatic carbocycles. The zero-order valence-corrected chi connectivity index (χ0v) is 12.4. The highest BCUT2D eigenvalue weighted by Gasteiger charge is 2.41. The van der Waals surface area contributed by atoms with Crippen LogP contribution in [0.3, 0.4) is 0 Å². The van der Waals surface area contributed by atoms with E-state index < -0.39 is 0 Å². The minimum absolute atomic E-state index is 0.421. The van der Waals surface area contributed by atoms with Crippen molar-refractivity contribution >= 4 is 11.3 Å². The van der Waals surface area contributed by atoms with E-state index >= 15 is 0 Å². The summed E-state index contributed by atoms with van der Waals surface area (Å²) in [7, 11) is 0. The van der Waals surface area contributed by atoms with Gasteiger partial charge in [-0.05, 0) is 59.4 Å². The average molecular weight is 266 g/mol. The molecule has 1 saturated carbocycles. The molecule has 1 aromatic rings. The topological polar surface area (TPSA) is 38.0 Å². The molecular weight excluding hydrogens is 240 g/mol. The van der Waals surface area contributed by atoms with Crippen molar-refractivity contribution in [2.75, 3.05) is 0 Å². The van der Waals surface area contributed by atoms with Crippen molar-refractivity contribution in [3.8, 4) is 0 Å². The maximum Gasteiger partial charge on any atom is 0.0307 e. The van der Waals surface area contributed by atoms with Gasteiger partial charge >= 0.3 is 0 Å². The summed E-state index contributed by atoms with van der Waals surface area (Å²) in [5.74, 6) is 6.63. The Morgan fingerprint density at radius 2 is 2.11 bits per heavy atom. The Morgan fingerprint density at radius 1 is 1.39 bits per heavy atom. The van der Waals surface area contributed by atoms with Gasteiger partial charge in [-0.25, -0.2) is 0 Å². The van der Waals surface area contributed by atoms with Crippen LogP contribution in [0.5, 0.6) is 0 Å². The van der Waals surface area contributed by atoms with E-state index in [-0.39, 0.29) is 0 Å². The number of hydrogen-bond donors (Lipinski definition) is 2. The zero-order chi connectivity index (χ0) is 13.0. The van der Waals surface area contributed by atoms with E-state index in [2.05, 4.69) is 36.1 Å². The summed E-state index contributed by atoms with van der Waals surface area (Å²) in [6, 6.07) is 2.66. The van der Waals surface area contributed by atoms with Crippen molar-refractivity contribution in [1.29, 1.82) is 0 Å². The fraction of sp³-hybridized carbons (Fsp3) is 0.733. The maximum atomic E-state index is 5.88. The molecule has 0 spiro atoms. The maximum absolute atomic E-state index is 5.88. The first-order valence-electron chi connectivity index (χ1n) is 7.13. The van der Waals surface area contributed by atoms with Crippen LogP contribution in [0, 0.1) is 11.3 Å². The molecular formula is C15H26N2S. The van der Waals surface area contributed by atoms with Crippen LogP contribution in [0.15, 0.2) is 16.8 Å². The Labute approximate surface area is 115 Å². The summed E-state index contributed by atoms with van der Waals surface area (Å²) >= 11 is 1.78. The third-order valence-electron chi connectivity index (χ3n) is 4.37. The molecule has 0 aliphatic heterocycles. The highest BCUT2D eigenvalue weighted by molar-refractivity contribution is 7.07.